The standard InChI is InChI=1S/C13H19NO4S2/c1-19-9-7-12(13(15)16)14-20(17,18)10-8-11-5-3-2-4-6-11/h2-6,12,14H,7-10H2,1H3,(H,15,16). The zero-order valence-corrected chi connectivity index (χ0v) is 12.9. The molecule has 2 N–H and O–H groups in total. The Morgan fingerprint density at radius 3 is 2.55 bits per heavy atom. The van der Waals surface area contributed by atoms with Crippen LogP contribution < -0.4 is 4.72 Å². The molecule has 0 saturated heterocycles. The third kappa shape index (κ3) is 6.40. The Kier molecular flexibility index (Phi) is 7.04. The van der Waals surface area contributed by atoms with Gasteiger partial charge in [0.15, 0.2) is 0 Å². The number of aliphatic carboxylic acids is 1. The Hall–Kier alpha value is -1.05. The van der Waals surface area contributed by atoms with E-state index < -0.39 is 22.0 Å². The smallest absolute Gasteiger partial charge is 0.321 e. The topological polar surface area (TPSA) is 83.5 Å². The minimum atomic E-state index is -3.59. The van der Waals surface area contributed by atoms with Crippen LogP contribution in [0.2, 0.25) is 0 Å². The highest BCUT2D eigenvalue weighted by Crippen LogP contribution is 2.05. The van der Waals surface area contributed by atoms with E-state index in [-0.39, 0.29) is 12.2 Å². The molecule has 0 aromatic heterocycles. The molecule has 0 fully saturated rings. The maximum Gasteiger partial charge on any atom is 0.321 e. The maximum absolute atomic E-state index is 11.9. The average Bonchev–Trinajstić information content (AvgIpc) is 2.42. The van der Waals surface area contributed by atoms with E-state index in [2.05, 4.69) is 4.72 Å². The summed E-state index contributed by atoms with van der Waals surface area (Å²) in [6.45, 7) is 0. The zero-order valence-electron chi connectivity index (χ0n) is 11.3. The first-order chi connectivity index (χ1) is 9.44. The van der Waals surface area contributed by atoms with Crippen LogP contribution in [-0.2, 0) is 21.2 Å². The van der Waals surface area contributed by atoms with Crippen molar-refractivity contribution in [2.75, 3.05) is 17.8 Å². The highest BCUT2D eigenvalue weighted by atomic mass is 32.2. The number of hydrogen-bond donors (Lipinski definition) is 2. The van der Waals surface area contributed by atoms with Crippen molar-refractivity contribution in [2.24, 2.45) is 0 Å². The third-order valence-electron chi connectivity index (χ3n) is 2.73. The minimum Gasteiger partial charge on any atom is -0.480 e. The Labute approximate surface area is 123 Å². The van der Waals surface area contributed by atoms with Crippen LogP contribution in [0, 0.1) is 0 Å². The van der Waals surface area contributed by atoms with E-state index in [1.165, 1.54) is 11.8 Å². The molecule has 1 aromatic rings. The van der Waals surface area contributed by atoms with Crippen molar-refractivity contribution in [3.63, 3.8) is 0 Å². The molecule has 1 aromatic carbocycles. The number of sulfonamides is 1. The molecule has 5 nitrogen and oxygen atoms in total. The summed E-state index contributed by atoms with van der Waals surface area (Å²) in [7, 11) is -3.59. The van der Waals surface area contributed by atoms with Gasteiger partial charge in [0.2, 0.25) is 10.0 Å². The Morgan fingerprint density at radius 2 is 2.00 bits per heavy atom. The van der Waals surface area contributed by atoms with Gasteiger partial charge in [-0.15, -0.1) is 0 Å². The van der Waals surface area contributed by atoms with Gasteiger partial charge in [-0.25, -0.2) is 13.1 Å². The van der Waals surface area contributed by atoms with Gasteiger partial charge in [-0.3, -0.25) is 4.79 Å². The lowest BCUT2D eigenvalue weighted by Gasteiger charge is -2.14. The van der Waals surface area contributed by atoms with E-state index in [9.17, 15) is 13.2 Å². The lowest BCUT2D eigenvalue weighted by Crippen LogP contribution is -2.42. The van der Waals surface area contributed by atoms with Crippen LogP contribution in [0.4, 0.5) is 0 Å². The number of carbonyl (C=O) groups is 1. The summed E-state index contributed by atoms with van der Waals surface area (Å²) in [5.41, 5.74) is 0.911. The lowest BCUT2D eigenvalue weighted by atomic mass is 10.2. The molecule has 112 valence electrons. The number of carboxylic acid groups (broad SMARTS) is 1. The van der Waals surface area contributed by atoms with E-state index in [4.69, 9.17) is 5.11 Å². The average molecular weight is 317 g/mol. The van der Waals surface area contributed by atoms with Crippen molar-refractivity contribution in [1.82, 2.24) is 4.72 Å². The quantitative estimate of drug-likeness (QED) is 0.718. The van der Waals surface area contributed by atoms with Gasteiger partial charge >= 0.3 is 5.97 Å². The van der Waals surface area contributed by atoms with E-state index in [1.807, 2.05) is 36.6 Å². The minimum absolute atomic E-state index is 0.111. The number of nitrogens with one attached hydrogen (secondary N) is 1. The highest BCUT2D eigenvalue weighted by Gasteiger charge is 2.23. The normalized spacial score (nSPS) is 13.1. The number of thioether (sulfide) groups is 1. The monoisotopic (exact) mass is 317 g/mol. The van der Waals surface area contributed by atoms with Crippen LogP contribution in [0.5, 0.6) is 0 Å². The Balaban J connectivity index is 2.56. The van der Waals surface area contributed by atoms with E-state index in [0.29, 0.717) is 12.2 Å². The van der Waals surface area contributed by atoms with E-state index >= 15 is 0 Å². The molecule has 0 spiro atoms. The van der Waals surface area contributed by atoms with Crippen molar-refractivity contribution >= 4 is 27.8 Å². The molecule has 0 bridgehead atoms. The Morgan fingerprint density at radius 1 is 1.35 bits per heavy atom. The number of aryl methyl sites for hydroxylation is 1. The predicted octanol–water partition coefficient (Wildman–Crippen LogP) is 1.35. The van der Waals surface area contributed by atoms with Crippen LogP contribution in [0.15, 0.2) is 30.3 Å². The van der Waals surface area contributed by atoms with E-state index in [1.54, 1.807) is 0 Å². The summed E-state index contributed by atoms with van der Waals surface area (Å²) in [4.78, 5) is 11.0. The van der Waals surface area contributed by atoms with Gasteiger partial charge < -0.3 is 5.11 Å². The summed E-state index contributed by atoms with van der Waals surface area (Å²) in [6.07, 6.45) is 2.49. The SMILES string of the molecule is CSCCC(NS(=O)(=O)CCc1ccccc1)C(=O)O. The van der Waals surface area contributed by atoms with Crippen molar-refractivity contribution in [3.05, 3.63) is 35.9 Å². The fourth-order valence-corrected chi connectivity index (χ4v) is 3.39. The van der Waals surface area contributed by atoms with Crippen molar-refractivity contribution in [2.45, 2.75) is 18.9 Å². The molecule has 1 rings (SSSR count). The lowest BCUT2D eigenvalue weighted by molar-refractivity contribution is -0.139. The first-order valence-electron chi connectivity index (χ1n) is 6.20. The molecule has 0 aliphatic heterocycles. The molecule has 0 radical (unpaired) electrons. The molecule has 0 saturated carbocycles. The number of hydrogen-bond acceptors (Lipinski definition) is 4. The number of carboxylic acids is 1. The molecular formula is C13H19NO4S2. The molecule has 0 amide bonds. The number of rotatable bonds is 9. The second kappa shape index (κ2) is 8.28. The van der Waals surface area contributed by atoms with Gasteiger partial charge in [-0.1, -0.05) is 30.3 Å². The second-order valence-electron chi connectivity index (χ2n) is 4.34. The maximum atomic E-state index is 11.9. The fourth-order valence-electron chi connectivity index (χ4n) is 1.64. The summed E-state index contributed by atoms with van der Waals surface area (Å²) >= 11 is 1.49. The molecular weight excluding hydrogens is 298 g/mol. The molecule has 7 heteroatoms. The second-order valence-corrected chi connectivity index (χ2v) is 7.20. The Bertz CT molecular complexity index is 516. The van der Waals surface area contributed by atoms with Gasteiger partial charge in [0.05, 0.1) is 5.75 Å². The largest absolute Gasteiger partial charge is 0.480 e. The van der Waals surface area contributed by atoms with Gasteiger partial charge in [0.1, 0.15) is 6.04 Å². The van der Waals surface area contributed by atoms with Crippen molar-refractivity contribution < 1.29 is 18.3 Å². The van der Waals surface area contributed by atoms with Crippen molar-refractivity contribution in [3.8, 4) is 0 Å². The van der Waals surface area contributed by atoms with Crippen LogP contribution in [0.3, 0.4) is 0 Å². The van der Waals surface area contributed by atoms with Crippen LogP contribution >= 0.6 is 11.8 Å². The van der Waals surface area contributed by atoms with Crippen LogP contribution in [-0.4, -0.2) is 43.3 Å². The molecule has 0 aliphatic rings. The first kappa shape index (κ1) is 17.0. The van der Waals surface area contributed by atoms with Crippen LogP contribution in [0.25, 0.3) is 0 Å². The van der Waals surface area contributed by atoms with Gasteiger partial charge in [-0.05, 0) is 30.4 Å². The molecule has 1 atom stereocenters. The molecule has 0 aliphatic carbocycles. The molecule has 1 unspecified atom stereocenters. The summed E-state index contributed by atoms with van der Waals surface area (Å²) in [6, 6.07) is 8.18. The van der Waals surface area contributed by atoms with Gasteiger partial charge in [0.25, 0.3) is 0 Å². The van der Waals surface area contributed by atoms with Gasteiger partial charge in [-0.2, -0.15) is 11.8 Å². The van der Waals surface area contributed by atoms with Crippen LogP contribution in [0.1, 0.15) is 12.0 Å². The van der Waals surface area contributed by atoms with Crippen molar-refractivity contribution in [1.29, 1.82) is 0 Å². The summed E-state index contributed by atoms with van der Waals surface area (Å²) in [5.74, 6) is -0.652. The first-order valence-corrected chi connectivity index (χ1v) is 9.25. The molecule has 0 heterocycles. The van der Waals surface area contributed by atoms with E-state index in [0.717, 1.165) is 5.56 Å². The molecule has 20 heavy (non-hydrogen) atoms. The summed E-state index contributed by atoms with van der Waals surface area (Å²) < 4.78 is 26.1. The van der Waals surface area contributed by atoms with Gasteiger partial charge in [0, 0.05) is 0 Å². The fraction of sp³-hybridized carbons (Fsp3) is 0.462. The number of benzene rings is 1. The third-order valence-corrected chi connectivity index (χ3v) is 4.76. The highest BCUT2D eigenvalue weighted by molar-refractivity contribution is 7.98. The predicted molar refractivity (Wildman–Crippen MR) is 81.5 cm³/mol. The summed E-state index contributed by atoms with van der Waals surface area (Å²) in [5, 5.41) is 9.01. The zero-order chi connectivity index (χ0) is 15.0.